The van der Waals surface area contributed by atoms with Gasteiger partial charge in [0.2, 0.25) is 0 Å². The number of methoxy groups -OCH3 is 1. The summed E-state index contributed by atoms with van der Waals surface area (Å²) in [6, 6.07) is 7.62. The zero-order chi connectivity index (χ0) is 21.2. The fourth-order valence-corrected chi connectivity index (χ4v) is 7.09. The second-order valence-corrected chi connectivity index (χ2v) is 12.0. The molecule has 2 unspecified atom stereocenters. The first-order chi connectivity index (χ1) is 13.5. The highest BCUT2D eigenvalue weighted by atomic mass is 32.2. The van der Waals surface area contributed by atoms with Crippen LogP contribution >= 0.6 is 11.8 Å². The summed E-state index contributed by atoms with van der Waals surface area (Å²) < 4.78 is 44.7. The fourth-order valence-electron chi connectivity index (χ4n) is 3.90. The number of ether oxygens (including phenoxy) is 1. The maximum absolute atomic E-state index is 15.1. The maximum Gasteiger partial charge on any atom is 0.164 e. The molecule has 3 atom stereocenters. The van der Waals surface area contributed by atoms with E-state index in [-0.39, 0.29) is 11.6 Å². The number of rotatable bonds is 3. The van der Waals surface area contributed by atoms with E-state index >= 15 is 4.39 Å². The number of amidine groups is 1. The first-order valence-electron chi connectivity index (χ1n) is 9.27. The molecule has 29 heavy (non-hydrogen) atoms. The van der Waals surface area contributed by atoms with Crippen LogP contribution in [0.2, 0.25) is 0 Å². The van der Waals surface area contributed by atoms with E-state index in [4.69, 9.17) is 10.1 Å². The van der Waals surface area contributed by atoms with Gasteiger partial charge in [-0.2, -0.15) is 0 Å². The Morgan fingerprint density at radius 3 is 2.69 bits per heavy atom. The van der Waals surface area contributed by atoms with Crippen LogP contribution in [0.1, 0.15) is 26.5 Å². The second kappa shape index (κ2) is 6.50. The fraction of sp³-hybridized carbons (Fsp3) is 0.450. The molecule has 2 aromatic rings. The zero-order valence-electron chi connectivity index (χ0n) is 16.7. The number of alkyl halides is 1. The van der Waals surface area contributed by atoms with Crippen molar-refractivity contribution in [2.45, 2.75) is 42.5 Å². The Labute approximate surface area is 173 Å². The van der Waals surface area contributed by atoms with Gasteiger partial charge < -0.3 is 15.0 Å². The van der Waals surface area contributed by atoms with E-state index in [1.165, 1.54) is 31.7 Å². The Balaban J connectivity index is 1.65. The molecule has 0 bridgehead atoms. The van der Waals surface area contributed by atoms with Gasteiger partial charge in [0.05, 0.1) is 34.9 Å². The monoisotopic (exact) mass is 437 g/mol. The standard InChI is InChI=1S/C20H24FN3O3S2/c1-19(2)18(22)24-20(3,10-29(19,25)26)17-12(21)9-15(28-17)13-8-11-6-5-7-14(27-4)16(11)23-13/h5-9,12,17,23H,10H2,1-4H3,(H2,22,24)/t12?,17?,20-/m0/s1. The van der Waals surface area contributed by atoms with E-state index in [1.807, 2.05) is 24.3 Å². The van der Waals surface area contributed by atoms with Gasteiger partial charge in [-0.3, -0.25) is 5.41 Å². The number of aromatic amines is 1. The number of H-pyrrole nitrogens is 1. The second-order valence-electron chi connectivity index (χ2n) is 8.31. The van der Waals surface area contributed by atoms with Crippen LogP contribution in [-0.2, 0) is 9.84 Å². The molecule has 6 nitrogen and oxygen atoms in total. The number of nitrogens with one attached hydrogen (secondary N) is 3. The van der Waals surface area contributed by atoms with Crippen molar-refractivity contribution < 1.29 is 17.5 Å². The van der Waals surface area contributed by atoms with Crippen LogP contribution in [0.5, 0.6) is 5.75 Å². The number of fused-ring (bicyclic) bond motifs is 1. The third-order valence-corrected chi connectivity index (χ3v) is 10.2. The lowest BCUT2D eigenvalue weighted by Gasteiger charge is -2.46. The van der Waals surface area contributed by atoms with Crippen LogP contribution in [-0.4, -0.2) is 53.8 Å². The number of hydrogen-bond donors (Lipinski definition) is 3. The third-order valence-electron chi connectivity index (χ3n) is 5.87. The van der Waals surface area contributed by atoms with E-state index < -0.39 is 31.5 Å². The van der Waals surface area contributed by atoms with E-state index in [9.17, 15) is 8.42 Å². The summed E-state index contributed by atoms with van der Waals surface area (Å²) in [5.74, 6) is 0.381. The Kier molecular flexibility index (Phi) is 4.55. The molecule has 0 saturated carbocycles. The lowest BCUT2D eigenvalue weighted by atomic mass is 9.94. The Morgan fingerprint density at radius 1 is 1.31 bits per heavy atom. The average molecular weight is 438 g/mol. The summed E-state index contributed by atoms with van der Waals surface area (Å²) >= 11 is 1.30. The molecule has 3 N–H and O–H groups in total. The van der Waals surface area contributed by atoms with Crippen molar-refractivity contribution in [1.82, 2.24) is 10.3 Å². The van der Waals surface area contributed by atoms with Gasteiger partial charge in [-0.05, 0) is 39.0 Å². The molecule has 156 valence electrons. The van der Waals surface area contributed by atoms with Crippen LogP contribution in [0, 0.1) is 5.41 Å². The van der Waals surface area contributed by atoms with Gasteiger partial charge in [0, 0.05) is 10.3 Å². The molecule has 2 aliphatic rings. The van der Waals surface area contributed by atoms with Crippen molar-refractivity contribution in [1.29, 1.82) is 5.41 Å². The molecule has 4 rings (SSSR count). The van der Waals surface area contributed by atoms with Crippen LogP contribution in [0.3, 0.4) is 0 Å². The van der Waals surface area contributed by atoms with E-state index in [0.29, 0.717) is 5.75 Å². The number of aromatic nitrogens is 1. The van der Waals surface area contributed by atoms with Gasteiger partial charge in [0.1, 0.15) is 22.5 Å². The molecule has 1 saturated heterocycles. The van der Waals surface area contributed by atoms with Crippen molar-refractivity contribution >= 4 is 43.2 Å². The lowest BCUT2D eigenvalue weighted by molar-refractivity contribution is 0.304. The van der Waals surface area contributed by atoms with Gasteiger partial charge in [0.25, 0.3) is 0 Å². The number of allylic oxidation sites excluding steroid dienone is 1. The Bertz CT molecular complexity index is 1140. The quantitative estimate of drug-likeness (QED) is 0.683. The summed E-state index contributed by atoms with van der Waals surface area (Å²) in [7, 11) is -2.01. The molecule has 2 aliphatic heterocycles. The zero-order valence-corrected chi connectivity index (χ0v) is 18.3. The van der Waals surface area contributed by atoms with Crippen LogP contribution < -0.4 is 10.1 Å². The number of benzene rings is 1. The summed E-state index contributed by atoms with van der Waals surface area (Å²) in [6.45, 7) is 4.70. The van der Waals surface area contributed by atoms with Crippen molar-refractivity contribution in [2.75, 3.05) is 12.9 Å². The number of sulfone groups is 1. The van der Waals surface area contributed by atoms with E-state index in [0.717, 1.165) is 21.5 Å². The number of para-hydroxylation sites is 1. The molecular weight excluding hydrogens is 413 g/mol. The minimum absolute atomic E-state index is 0.0946. The van der Waals surface area contributed by atoms with Crippen molar-refractivity contribution in [3.63, 3.8) is 0 Å². The minimum atomic E-state index is -3.60. The number of thioether (sulfide) groups is 1. The highest BCUT2D eigenvalue weighted by Crippen LogP contribution is 2.47. The van der Waals surface area contributed by atoms with Gasteiger partial charge in [0.15, 0.2) is 9.84 Å². The van der Waals surface area contributed by atoms with Gasteiger partial charge in [-0.25, -0.2) is 12.8 Å². The van der Waals surface area contributed by atoms with Gasteiger partial charge in [-0.1, -0.05) is 12.1 Å². The molecular formula is C20H24FN3O3S2. The minimum Gasteiger partial charge on any atom is -0.495 e. The smallest absolute Gasteiger partial charge is 0.164 e. The van der Waals surface area contributed by atoms with E-state index in [1.54, 1.807) is 14.0 Å². The van der Waals surface area contributed by atoms with E-state index in [2.05, 4.69) is 10.3 Å². The van der Waals surface area contributed by atoms with Crippen molar-refractivity contribution in [3.8, 4) is 5.75 Å². The van der Waals surface area contributed by atoms with Crippen molar-refractivity contribution in [3.05, 3.63) is 36.0 Å². The Hall–Kier alpha value is -2.00. The molecule has 1 aromatic carbocycles. The molecule has 0 amide bonds. The predicted molar refractivity (Wildman–Crippen MR) is 116 cm³/mol. The summed E-state index contributed by atoms with van der Waals surface area (Å²) in [4.78, 5) is 4.01. The summed E-state index contributed by atoms with van der Waals surface area (Å²) in [5.41, 5.74) is 0.507. The first-order valence-corrected chi connectivity index (χ1v) is 11.8. The number of halogens is 1. The molecule has 1 aromatic heterocycles. The molecule has 1 fully saturated rings. The lowest BCUT2D eigenvalue weighted by Crippen LogP contribution is -2.69. The van der Waals surface area contributed by atoms with Crippen molar-refractivity contribution in [2.24, 2.45) is 0 Å². The molecule has 0 spiro atoms. The van der Waals surface area contributed by atoms with Gasteiger partial charge in [-0.15, -0.1) is 11.8 Å². The molecule has 3 heterocycles. The molecule has 0 aliphatic carbocycles. The SMILES string of the molecule is COc1cccc2cc(C3=CC(F)C([C@]4(C)CS(=O)(=O)C(C)(C)C(=N)N4)S3)[nH]c12. The number of hydrogen-bond acceptors (Lipinski definition) is 5. The van der Waals surface area contributed by atoms with Gasteiger partial charge >= 0.3 is 0 Å². The van der Waals surface area contributed by atoms with Crippen LogP contribution in [0.15, 0.2) is 30.3 Å². The third kappa shape index (κ3) is 3.06. The largest absolute Gasteiger partial charge is 0.495 e. The highest BCUT2D eigenvalue weighted by Gasteiger charge is 2.55. The molecule has 0 radical (unpaired) electrons. The van der Waals surface area contributed by atoms with Crippen LogP contribution in [0.25, 0.3) is 15.8 Å². The Morgan fingerprint density at radius 2 is 2.03 bits per heavy atom. The predicted octanol–water partition coefficient (Wildman–Crippen LogP) is 3.50. The van der Waals surface area contributed by atoms with Crippen LogP contribution in [0.4, 0.5) is 4.39 Å². The normalized spacial score (nSPS) is 30.8. The topological polar surface area (TPSA) is 95.0 Å². The summed E-state index contributed by atoms with van der Waals surface area (Å²) in [6.07, 6.45) is 0.181. The maximum atomic E-state index is 15.1. The highest BCUT2D eigenvalue weighted by molar-refractivity contribution is 8.09. The average Bonchev–Trinajstić information content (AvgIpc) is 3.23. The first kappa shape index (κ1) is 20.3. The summed E-state index contributed by atoms with van der Waals surface area (Å²) in [5, 5.41) is 11.5. The molecule has 9 heteroatoms.